The lowest BCUT2D eigenvalue weighted by molar-refractivity contribution is -0.269. The van der Waals surface area contributed by atoms with Crippen molar-refractivity contribution in [1.29, 1.82) is 0 Å². The Morgan fingerprint density at radius 2 is 2.00 bits per heavy atom. The van der Waals surface area contributed by atoms with E-state index in [2.05, 4.69) is 18.7 Å². The SMILES string of the molecule is CN1COC1(C)C. The highest BCUT2D eigenvalue weighted by atomic mass is 16.6. The fourth-order valence-electron chi connectivity index (χ4n) is 0.452. The van der Waals surface area contributed by atoms with Gasteiger partial charge in [-0.15, -0.1) is 0 Å². The molecule has 2 heteroatoms. The highest BCUT2D eigenvalue weighted by molar-refractivity contribution is 4.72. The first-order chi connectivity index (χ1) is 3.13. The van der Waals surface area contributed by atoms with Gasteiger partial charge in [-0.3, -0.25) is 4.90 Å². The summed E-state index contributed by atoms with van der Waals surface area (Å²) in [6.07, 6.45) is 0. The van der Waals surface area contributed by atoms with Gasteiger partial charge in [0.15, 0.2) is 0 Å². The first kappa shape index (κ1) is 5.06. The van der Waals surface area contributed by atoms with Crippen molar-refractivity contribution < 1.29 is 4.74 Å². The number of ether oxygens (including phenoxy) is 1. The zero-order valence-corrected chi connectivity index (χ0v) is 5.06. The molecule has 0 amide bonds. The molecule has 1 saturated heterocycles. The summed E-state index contributed by atoms with van der Waals surface area (Å²) >= 11 is 0. The molecule has 0 atom stereocenters. The van der Waals surface area contributed by atoms with Gasteiger partial charge in [-0.1, -0.05) is 0 Å². The fourth-order valence-corrected chi connectivity index (χ4v) is 0.452. The maximum atomic E-state index is 5.16. The molecule has 0 N–H and O–H groups in total. The highest BCUT2D eigenvalue weighted by Crippen LogP contribution is 2.22. The first-order valence-corrected chi connectivity index (χ1v) is 2.48. The van der Waals surface area contributed by atoms with E-state index in [4.69, 9.17) is 4.74 Å². The lowest BCUT2D eigenvalue weighted by atomic mass is 10.2. The topological polar surface area (TPSA) is 12.5 Å². The summed E-state index contributed by atoms with van der Waals surface area (Å²) in [7, 11) is 2.05. The van der Waals surface area contributed by atoms with Crippen LogP contribution in [-0.2, 0) is 4.74 Å². The van der Waals surface area contributed by atoms with Gasteiger partial charge >= 0.3 is 0 Å². The molecule has 0 radical (unpaired) electrons. The van der Waals surface area contributed by atoms with Crippen LogP contribution >= 0.6 is 0 Å². The van der Waals surface area contributed by atoms with Crippen molar-refractivity contribution >= 4 is 0 Å². The van der Waals surface area contributed by atoms with Crippen molar-refractivity contribution in [1.82, 2.24) is 4.90 Å². The standard InChI is InChI=1S/C5H11NO/c1-5(2)6(3)4-7-5/h4H2,1-3H3. The van der Waals surface area contributed by atoms with Crippen LogP contribution in [0.1, 0.15) is 13.8 Å². The molecule has 0 aliphatic carbocycles. The van der Waals surface area contributed by atoms with E-state index in [9.17, 15) is 0 Å². The molecular weight excluding hydrogens is 90.1 g/mol. The van der Waals surface area contributed by atoms with E-state index in [1.165, 1.54) is 0 Å². The molecule has 0 aromatic carbocycles. The zero-order chi connectivity index (χ0) is 5.49. The largest absolute Gasteiger partial charge is 0.346 e. The van der Waals surface area contributed by atoms with E-state index in [1.54, 1.807) is 0 Å². The van der Waals surface area contributed by atoms with Crippen molar-refractivity contribution in [2.75, 3.05) is 13.8 Å². The van der Waals surface area contributed by atoms with Gasteiger partial charge in [-0.2, -0.15) is 0 Å². The van der Waals surface area contributed by atoms with Crippen molar-refractivity contribution in [3.8, 4) is 0 Å². The Morgan fingerprint density at radius 1 is 1.57 bits per heavy atom. The molecule has 1 aliphatic rings. The molecule has 0 aromatic rings. The van der Waals surface area contributed by atoms with Crippen molar-refractivity contribution in [2.24, 2.45) is 0 Å². The van der Waals surface area contributed by atoms with Crippen LogP contribution in [0.5, 0.6) is 0 Å². The summed E-state index contributed by atoms with van der Waals surface area (Å²) < 4.78 is 5.16. The Hall–Kier alpha value is -0.0800. The second-order valence-corrected chi connectivity index (χ2v) is 2.42. The van der Waals surface area contributed by atoms with Crippen molar-refractivity contribution in [3.05, 3.63) is 0 Å². The summed E-state index contributed by atoms with van der Waals surface area (Å²) in [6.45, 7) is 4.89. The third-order valence-corrected chi connectivity index (χ3v) is 1.53. The zero-order valence-electron chi connectivity index (χ0n) is 5.06. The molecule has 1 heterocycles. The minimum absolute atomic E-state index is 0.0139. The Labute approximate surface area is 44.1 Å². The Kier molecular flexibility index (Phi) is 0.869. The summed E-state index contributed by atoms with van der Waals surface area (Å²) in [4.78, 5) is 2.15. The molecule has 1 aliphatic heterocycles. The minimum atomic E-state index is 0.0139. The number of hydrogen-bond donors (Lipinski definition) is 0. The molecule has 1 fully saturated rings. The quantitative estimate of drug-likeness (QED) is 0.444. The van der Waals surface area contributed by atoms with Crippen LogP contribution in [0.4, 0.5) is 0 Å². The predicted octanol–water partition coefficient (Wildman–Crippen LogP) is 0.642. The Bertz CT molecular complexity index is 80.1. The molecule has 0 unspecified atom stereocenters. The van der Waals surface area contributed by atoms with Crippen LogP contribution in [0.3, 0.4) is 0 Å². The molecule has 0 saturated carbocycles. The lowest BCUT2D eigenvalue weighted by Crippen LogP contribution is -2.55. The third-order valence-electron chi connectivity index (χ3n) is 1.53. The average Bonchev–Trinajstić information content (AvgIpc) is 1.63. The van der Waals surface area contributed by atoms with Gasteiger partial charge in [0.05, 0.1) is 0 Å². The predicted molar refractivity (Wildman–Crippen MR) is 27.8 cm³/mol. The molecule has 0 spiro atoms. The van der Waals surface area contributed by atoms with Gasteiger partial charge in [0.1, 0.15) is 12.5 Å². The van der Waals surface area contributed by atoms with Gasteiger partial charge in [0.25, 0.3) is 0 Å². The third kappa shape index (κ3) is 0.640. The van der Waals surface area contributed by atoms with Crippen LogP contribution in [0.15, 0.2) is 0 Å². The Morgan fingerprint density at radius 3 is 2.00 bits per heavy atom. The molecule has 0 bridgehead atoms. The summed E-state index contributed by atoms with van der Waals surface area (Å²) in [5.41, 5.74) is 0.0139. The monoisotopic (exact) mass is 101 g/mol. The van der Waals surface area contributed by atoms with E-state index < -0.39 is 0 Å². The lowest BCUT2D eigenvalue weighted by Gasteiger charge is -2.45. The van der Waals surface area contributed by atoms with Crippen molar-refractivity contribution in [2.45, 2.75) is 19.6 Å². The fraction of sp³-hybridized carbons (Fsp3) is 1.00. The van der Waals surface area contributed by atoms with Crippen LogP contribution < -0.4 is 0 Å². The number of nitrogens with zero attached hydrogens (tertiary/aromatic N) is 1. The van der Waals surface area contributed by atoms with E-state index in [0.717, 1.165) is 6.73 Å². The molecular formula is C5H11NO. The van der Waals surface area contributed by atoms with Crippen LogP contribution in [0, 0.1) is 0 Å². The van der Waals surface area contributed by atoms with Crippen LogP contribution in [-0.4, -0.2) is 24.4 Å². The first-order valence-electron chi connectivity index (χ1n) is 2.48. The summed E-state index contributed by atoms with van der Waals surface area (Å²) in [6, 6.07) is 0. The maximum Gasteiger partial charge on any atom is 0.119 e. The van der Waals surface area contributed by atoms with Gasteiger partial charge in [-0.05, 0) is 20.9 Å². The van der Waals surface area contributed by atoms with E-state index in [0.29, 0.717) is 0 Å². The van der Waals surface area contributed by atoms with Gasteiger partial charge in [-0.25, -0.2) is 0 Å². The second-order valence-electron chi connectivity index (χ2n) is 2.42. The summed E-state index contributed by atoms with van der Waals surface area (Å²) in [5.74, 6) is 0. The van der Waals surface area contributed by atoms with E-state index >= 15 is 0 Å². The van der Waals surface area contributed by atoms with E-state index in [-0.39, 0.29) is 5.72 Å². The second kappa shape index (κ2) is 1.20. The van der Waals surface area contributed by atoms with Crippen LogP contribution in [0.25, 0.3) is 0 Å². The summed E-state index contributed by atoms with van der Waals surface area (Å²) in [5, 5.41) is 0. The van der Waals surface area contributed by atoms with Crippen molar-refractivity contribution in [3.63, 3.8) is 0 Å². The Balaban J connectivity index is 2.43. The van der Waals surface area contributed by atoms with Crippen LogP contribution in [0.2, 0.25) is 0 Å². The smallest absolute Gasteiger partial charge is 0.119 e. The molecule has 7 heavy (non-hydrogen) atoms. The van der Waals surface area contributed by atoms with E-state index in [1.807, 2.05) is 7.05 Å². The average molecular weight is 101 g/mol. The van der Waals surface area contributed by atoms with Gasteiger partial charge < -0.3 is 4.74 Å². The number of hydrogen-bond acceptors (Lipinski definition) is 2. The number of rotatable bonds is 0. The highest BCUT2D eigenvalue weighted by Gasteiger charge is 2.33. The normalized spacial score (nSPS) is 29.6. The van der Waals surface area contributed by atoms with Gasteiger partial charge in [0, 0.05) is 0 Å². The molecule has 1 rings (SSSR count). The molecule has 42 valence electrons. The maximum absolute atomic E-state index is 5.16. The minimum Gasteiger partial charge on any atom is -0.346 e. The van der Waals surface area contributed by atoms with Gasteiger partial charge in [0.2, 0.25) is 0 Å². The molecule has 0 aromatic heterocycles. The molecule has 2 nitrogen and oxygen atoms in total.